The molecule has 0 bridgehead atoms. The summed E-state index contributed by atoms with van der Waals surface area (Å²) in [6, 6.07) is 13.5. The molecule has 0 saturated carbocycles. The molecule has 2 aromatic carbocycles. The number of rotatable bonds is 30. The number of likely N-dealkylation sites (N-methyl/N-ethyl adjacent to an activating group) is 2. The number of phenols is 1. The third-order valence-corrected chi connectivity index (χ3v) is 18.7. The van der Waals surface area contributed by atoms with Crippen molar-refractivity contribution in [3.63, 3.8) is 0 Å². The van der Waals surface area contributed by atoms with E-state index in [1.165, 1.54) is 30.8 Å². The maximum Gasteiger partial charge on any atom is 0.410 e. The molecule has 0 radical (unpaired) electrons. The van der Waals surface area contributed by atoms with Gasteiger partial charge in [-0.3, -0.25) is 33.3 Å². The summed E-state index contributed by atoms with van der Waals surface area (Å²) in [7, 11) is 2.29. The number of hydrogen-bond acceptors (Lipinski definition) is 20. The molecule has 99 heavy (non-hydrogen) atoms. The first-order chi connectivity index (χ1) is 47.1. The molecule has 0 unspecified atom stereocenters. The lowest BCUT2D eigenvalue weighted by atomic mass is 9.84. The summed E-state index contributed by atoms with van der Waals surface area (Å²) in [5, 5.41) is 29.2. The summed E-state index contributed by atoms with van der Waals surface area (Å²) in [5.41, 5.74) is 6.46. The largest absolute Gasteiger partial charge is 0.508 e. The zero-order valence-corrected chi connectivity index (χ0v) is 57.9. The van der Waals surface area contributed by atoms with Crippen LogP contribution in [0.25, 0.3) is 33.3 Å². The van der Waals surface area contributed by atoms with Gasteiger partial charge in [0.15, 0.2) is 5.60 Å². The second-order valence-corrected chi connectivity index (χ2v) is 26.6. The molecule has 9 rings (SSSR count). The molecule has 31 heteroatoms. The number of pyridine rings is 3. The van der Waals surface area contributed by atoms with Crippen LogP contribution in [-0.4, -0.2) is 197 Å². The number of carbonyl (C=O) groups excluding carboxylic acids is 7. The highest BCUT2D eigenvalue weighted by Gasteiger charge is 2.47. The van der Waals surface area contributed by atoms with Crippen LogP contribution in [0.15, 0.2) is 84.0 Å². The second kappa shape index (κ2) is 32.0. The summed E-state index contributed by atoms with van der Waals surface area (Å²) in [5.74, 6) is -4.20. The Morgan fingerprint density at radius 2 is 1.49 bits per heavy atom. The average molecular weight is 1390 g/mol. The van der Waals surface area contributed by atoms with Gasteiger partial charge in [-0.1, -0.05) is 46.4 Å². The highest BCUT2D eigenvalue weighted by molar-refractivity contribution is 7.85. The van der Waals surface area contributed by atoms with E-state index in [0.29, 0.717) is 64.4 Å². The van der Waals surface area contributed by atoms with Crippen LogP contribution in [0.2, 0.25) is 0 Å². The molecule has 7 N–H and O–H groups in total. The smallest absolute Gasteiger partial charge is 0.410 e. The molecule has 7 amide bonds. The summed E-state index contributed by atoms with van der Waals surface area (Å²) in [4.78, 5) is 119. The van der Waals surface area contributed by atoms with Crippen LogP contribution in [0.3, 0.4) is 0 Å². The zero-order valence-electron chi connectivity index (χ0n) is 57.1. The van der Waals surface area contributed by atoms with E-state index in [2.05, 4.69) is 43.2 Å². The number of aromatic hydroxyl groups is 1. The number of amides is 7. The minimum absolute atomic E-state index is 0.0194. The molecule has 0 aliphatic carbocycles. The predicted octanol–water partition coefficient (Wildman–Crippen LogP) is 4.41. The minimum Gasteiger partial charge on any atom is -0.508 e. The molecule has 3 aliphatic heterocycles. The van der Waals surface area contributed by atoms with E-state index in [-0.39, 0.29) is 115 Å². The van der Waals surface area contributed by atoms with Crippen molar-refractivity contribution in [3.8, 4) is 17.1 Å². The first-order valence-electron chi connectivity index (χ1n) is 32.7. The van der Waals surface area contributed by atoms with Gasteiger partial charge >= 0.3 is 12.2 Å². The van der Waals surface area contributed by atoms with Crippen molar-refractivity contribution in [2.24, 2.45) is 5.92 Å². The summed E-state index contributed by atoms with van der Waals surface area (Å²) >= 11 is 0. The Hall–Kier alpha value is -9.53. The first-order valence-corrected chi connectivity index (χ1v) is 34.3. The van der Waals surface area contributed by atoms with Gasteiger partial charge in [-0.2, -0.15) is 8.42 Å². The summed E-state index contributed by atoms with van der Waals surface area (Å²) in [6.45, 7) is 14.5. The lowest BCUT2D eigenvalue weighted by Gasteiger charge is -2.40. The fourth-order valence-electron chi connectivity index (χ4n) is 12.2. The number of carbonyl (C=O) groups is 7. The standard InChI is InChI=1S/C68H87N13O17S/c1-11-46-48-32-45(82)19-20-53(48)74-60-50(46)35-81-55(60)33-52-51(65(81)88)38-96-42(6)68(52,12-2)98-67(90)77(8)27-26-76(7)66(89)97-37-43-15-17-44(18-16-43)72-62(85)41(5)71-64(87)59(40(3)4)75-58(84)22-28-94-30-31-95-29-24-70-63(86)54(39-99(91,92)93)73-57(83)21-25-80-56-36-79(10)78(9)34-49(56)47-14-13-23-69-61(47)80/h13-20,23,32-33,40-41,54,59,82H,6,11-12,21-22,24-31,34-39H2,1-5,7-10H3,(H,70,86)(H,71,87)(H,72,85)(H,73,83)(H,75,84)(H,91,92,93)/t41-,54-,59-,68+/m0/s1. The van der Waals surface area contributed by atoms with Crippen LogP contribution in [0.4, 0.5) is 15.3 Å². The first kappa shape index (κ1) is 73.7. The number of ether oxygens (including phenoxy) is 5. The van der Waals surface area contributed by atoms with Crippen molar-refractivity contribution in [1.82, 2.24) is 60.2 Å². The summed E-state index contributed by atoms with van der Waals surface area (Å²) < 4.78 is 65.7. The van der Waals surface area contributed by atoms with Crippen LogP contribution in [0, 0.1) is 5.92 Å². The Morgan fingerprint density at radius 3 is 2.19 bits per heavy atom. The number of anilines is 1. The maximum atomic E-state index is 14.3. The van der Waals surface area contributed by atoms with Gasteiger partial charge in [0.05, 0.1) is 62.0 Å². The number of hydrogen-bond donors (Lipinski definition) is 7. The van der Waals surface area contributed by atoms with E-state index in [1.54, 1.807) is 74.0 Å². The highest BCUT2D eigenvalue weighted by atomic mass is 32.2. The Morgan fingerprint density at radius 1 is 0.798 bits per heavy atom. The lowest BCUT2D eigenvalue weighted by Crippen LogP contribution is -2.53. The van der Waals surface area contributed by atoms with Crippen molar-refractivity contribution in [2.45, 2.75) is 123 Å². The molecule has 4 atom stereocenters. The summed E-state index contributed by atoms with van der Waals surface area (Å²) in [6.07, 6.45) is 0.858. The number of aromatic nitrogens is 4. The molecule has 6 aromatic rings. The third-order valence-electron chi connectivity index (χ3n) is 17.9. The van der Waals surface area contributed by atoms with Crippen molar-refractivity contribution in [1.29, 1.82) is 0 Å². The zero-order chi connectivity index (χ0) is 71.6. The van der Waals surface area contributed by atoms with E-state index < -0.39 is 81.3 Å². The topological polar surface area (TPSA) is 366 Å². The molecule has 532 valence electrons. The minimum atomic E-state index is -4.67. The molecular formula is C68H87N13O17S. The molecular weight excluding hydrogens is 1300 g/mol. The van der Waals surface area contributed by atoms with Gasteiger partial charge in [0.25, 0.3) is 15.7 Å². The molecule has 3 aliphatic rings. The monoisotopic (exact) mass is 1390 g/mol. The number of nitrogens with zero attached hydrogens (tertiary/aromatic N) is 8. The lowest BCUT2D eigenvalue weighted by molar-refractivity contribution is -0.132. The van der Waals surface area contributed by atoms with Crippen molar-refractivity contribution in [3.05, 3.63) is 129 Å². The normalized spacial score (nSPS) is 15.9. The van der Waals surface area contributed by atoms with Crippen LogP contribution in [0.1, 0.15) is 93.0 Å². The van der Waals surface area contributed by atoms with Crippen molar-refractivity contribution < 1.29 is 75.3 Å². The quantitative estimate of drug-likeness (QED) is 0.0242. The second-order valence-electron chi connectivity index (χ2n) is 25.1. The molecule has 0 saturated heterocycles. The number of nitrogens with one attached hydrogen (secondary N) is 5. The number of fused-ring (bicyclic) bond motifs is 8. The van der Waals surface area contributed by atoms with Gasteiger partial charge in [-0.15, -0.1) is 0 Å². The van der Waals surface area contributed by atoms with Crippen LogP contribution >= 0.6 is 0 Å². The van der Waals surface area contributed by atoms with Crippen LogP contribution in [0.5, 0.6) is 5.75 Å². The van der Waals surface area contributed by atoms with Crippen LogP contribution in [-0.2, 0) is 109 Å². The van der Waals surface area contributed by atoms with Crippen LogP contribution < -0.4 is 32.1 Å². The van der Waals surface area contributed by atoms with Gasteiger partial charge in [0, 0.05) is 113 Å². The van der Waals surface area contributed by atoms with Crippen molar-refractivity contribution in [2.75, 3.05) is 85.3 Å². The molecule has 4 aromatic heterocycles. The predicted molar refractivity (Wildman–Crippen MR) is 364 cm³/mol. The molecule has 30 nitrogen and oxygen atoms in total. The molecule has 0 fully saturated rings. The van der Waals surface area contributed by atoms with Gasteiger partial charge < -0.3 is 74.3 Å². The number of aryl methyl sites for hydroxylation is 2. The fraction of sp³-hybridized carbons (Fsp3) is 0.471. The van der Waals surface area contributed by atoms with Gasteiger partial charge in [0.1, 0.15) is 54.2 Å². The Labute approximate surface area is 573 Å². The van der Waals surface area contributed by atoms with Gasteiger partial charge in [-0.05, 0) is 90.9 Å². The molecule has 7 heterocycles. The van der Waals surface area contributed by atoms with E-state index in [1.807, 2.05) is 48.8 Å². The van der Waals surface area contributed by atoms with Gasteiger partial charge in [-0.25, -0.2) is 29.6 Å². The average Bonchev–Trinajstić information content (AvgIpc) is 1.56. The van der Waals surface area contributed by atoms with Crippen molar-refractivity contribution >= 4 is 79.5 Å². The maximum absolute atomic E-state index is 14.3. The van der Waals surface area contributed by atoms with E-state index in [4.69, 9.17) is 28.7 Å². The Balaban J connectivity index is 0.648. The third kappa shape index (κ3) is 17.3. The highest BCUT2D eigenvalue weighted by Crippen LogP contribution is 2.46. The van der Waals surface area contributed by atoms with E-state index >= 15 is 0 Å². The fourth-order valence-corrected chi connectivity index (χ4v) is 12.9. The van der Waals surface area contributed by atoms with E-state index in [9.17, 15) is 56.4 Å². The van der Waals surface area contributed by atoms with E-state index in [0.717, 1.165) is 33.2 Å². The molecule has 0 spiro atoms. The number of hydrazine groups is 1. The van der Waals surface area contributed by atoms with Gasteiger partial charge in [0.2, 0.25) is 29.5 Å². The Kier molecular flexibility index (Phi) is 23.8. The Bertz CT molecular complexity index is 4240. The number of benzene rings is 2. The SMILES string of the molecule is C=C1OCc2c(cc3n(c2=O)Cc2c-3nc3ccc(O)cc3c2CC)[C@]1(CC)OC(=O)N(C)CCN(C)C(=O)OCc1ccc(NC(=O)[C@H](C)NC(=O)[C@@H](NC(=O)CCOCCOCCNC(=O)[C@H](CS(=O)(=O)O)NC(=O)CCn2c3c(c4cccnc42)CN(C)N(C)C3)C(C)C)cc1. The number of phenolic OH excluding ortho intramolecular Hbond substituents is 1.